The van der Waals surface area contributed by atoms with Crippen molar-refractivity contribution >= 4 is 23.1 Å². The molecule has 2 rings (SSSR count). The van der Waals surface area contributed by atoms with Crippen LogP contribution < -0.4 is 5.32 Å². The zero-order valence-electron chi connectivity index (χ0n) is 10.0. The topological polar surface area (TPSA) is 15.3 Å². The van der Waals surface area contributed by atoms with Gasteiger partial charge in [0.2, 0.25) is 0 Å². The lowest BCUT2D eigenvalue weighted by molar-refractivity contribution is 0.226. The summed E-state index contributed by atoms with van der Waals surface area (Å²) in [4.78, 5) is 5.55. The van der Waals surface area contributed by atoms with E-state index in [-0.39, 0.29) is 0 Å². The predicted molar refractivity (Wildman–Crippen MR) is 74.3 cm³/mol. The maximum Gasteiger partial charge on any atom is 0.0331 e. The number of thiophene rings is 1. The minimum absolute atomic E-state index is 0.730. The quantitative estimate of drug-likeness (QED) is 0.890. The molecule has 1 aliphatic heterocycles. The largest absolute Gasteiger partial charge is 0.315 e. The summed E-state index contributed by atoms with van der Waals surface area (Å²) < 4.78 is 0. The van der Waals surface area contributed by atoms with Crippen LogP contribution in [0.1, 0.15) is 16.7 Å². The van der Waals surface area contributed by atoms with Gasteiger partial charge in [-0.1, -0.05) is 0 Å². The first-order valence-corrected chi connectivity index (χ1v) is 7.80. The van der Waals surface area contributed by atoms with E-state index < -0.39 is 0 Å². The molecule has 1 unspecified atom stereocenters. The third kappa shape index (κ3) is 3.23. The fourth-order valence-corrected chi connectivity index (χ4v) is 4.11. The summed E-state index contributed by atoms with van der Waals surface area (Å²) in [5.41, 5.74) is 0. The van der Waals surface area contributed by atoms with Crippen LogP contribution in [-0.2, 0) is 13.1 Å². The number of nitrogens with zero attached hydrogens (tertiary/aromatic N) is 1. The van der Waals surface area contributed by atoms with Crippen molar-refractivity contribution in [1.82, 2.24) is 10.2 Å². The average molecular weight is 256 g/mol. The molecule has 1 aromatic heterocycles. The molecule has 0 amide bonds. The van der Waals surface area contributed by atoms with Gasteiger partial charge in [-0.3, -0.25) is 4.90 Å². The van der Waals surface area contributed by atoms with Gasteiger partial charge in [-0.2, -0.15) is 11.8 Å². The second kappa shape index (κ2) is 6.05. The first-order valence-electron chi connectivity index (χ1n) is 5.83. The van der Waals surface area contributed by atoms with Crippen LogP contribution in [0.5, 0.6) is 0 Å². The van der Waals surface area contributed by atoms with Crippen LogP contribution >= 0.6 is 23.1 Å². The summed E-state index contributed by atoms with van der Waals surface area (Å²) >= 11 is 4.02. The standard InChI is InChI=1S/C12H20N2S2/c1-10-9-15-6-5-14(10)8-12-4-3-11(16-12)7-13-2/h3-4,10,13H,5-9H2,1-2H3. The highest BCUT2D eigenvalue weighted by Gasteiger charge is 2.18. The Morgan fingerprint density at radius 3 is 3.00 bits per heavy atom. The van der Waals surface area contributed by atoms with Crippen LogP contribution in [0.15, 0.2) is 12.1 Å². The van der Waals surface area contributed by atoms with Crippen molar-refractivity contribution in [3.8, 4) is 0 Å². The van der Waals surface area contributed by atoms with Crippen LogP contribution in [0.4, 0.5) is 0 Å². The number of hydrogen-bond donors (Lipinski definition) is 1. The van der Waals surface area contributed by atoms with E-state index in [9.17, 15) is 0 Å². The third-order valence-electron chi connectivity index (χ3n) is 2.93. The van der Waals surface area contributed by atoms with Crippen LogP contribution in [-0.4, -0.2) is 36.0 Å². The van der Waals surface area contributed by atoms with Gasteiger partial charge >= 0.3 is 0 Å². The van der Waals surface area contributed by atoms with Crippen molar-refractivity contribution in [2.24, 2.45) is 0 Å². The lowest BCUT2D eigenvalue weighted by Crippen LogP contribution is -2.39. The zero-order valence-corrected chi connectivity index (χ0v) is 11.7. The first kappa shape index (κ1) is 12.4. The van der Waals surface area contributed by atoms with Crippen LogP contribution in [0.25, 0.3) is 0 Å². The highest BCUT2D eigenvalue weighted by molar-refractivity contribution is 7.99. The van der Waals surface area contributed by atoms with E-state index in [1.165, 1.54) is 27.8 Å². The lowest BCUT2D eigenvalue weighted by Gasteiger charge is -2.32. The normalized spacial score (nSPS) is 22.5. The molecule has 0 aliphatic carbocycles. The fraction of sp³-hybridized carbons (Fsp3) is 0.667. The van der Waals surface area contributed by atoms with Gasteiger partial charge in [0.25, 0.3) is 0 Å². The van der Waals surface area contributed by atoms with Crippen LogP contribution in [0.3, 0.4) is 0 Å². The van der Waals surface area contributed by atoms with E-state index in [4.69, 9.17) is 0 Å². The molecule has 0 saturated carbocycles. The van der Waals surface area contributed by atoms with E-state index in [1.54, 1.807) is 0 Å². The van der Waals surface area contributed by atoms with Crippen LogP contribution in [0, 0.1) is 0 Å². The van der Waals surface area contributed by atoms with Gasteiger partial charge < -0.3 is 5.32 Å². The predicted octanol–water partition coefficient (Wildman–Crippen LogP) is 2.40. The molecule has 0 aromatic carbocycles. The van der Waals surface area contributed by atoms with Crippen molar-refractivity contribution in [3.63, 3.8) is 0 Å². The third-order valence-corrected chi connectivity index (χ3v) is 5.19. The molecule has 16 heavy (non-hydrogen) atoms. The molecule has 1 N–H and O–H groups in total. The SMILES string of the molecule is CNCc1ccc(CN2CCSCC2C)s1. The van der Waals surface area contributed by atoms with E-state index in [2.05, 4.69) is 41.0 Å². The molecule has 0 spiro atoms. The van der Waals surface area contributed by atoms with E-state index in [1.807, 2.05) is 18.4 Å². The monoisotopic (exact) mass is 256 g/mol. The van der Waals surface area contributed by atoms with Gasteiger partial charge in [0.15, 0.2) is 0 Å². The minimum atomic E-state index is 0.730. The number of hydrogen-bond acceptors (Lipinski definition) is 4. The van der Waals surface area contributed by atoms with Crippen molar-refractivity contribution in [2.75, 3.05) is 25.1 Å². The summed E-state index contributed by atoms with van der Waals surface area (Å²) in [5.74, 6) is 2.58. The summed E-state index contributed by atoms with van der Waals surface area (Å²) in [7, 11) is 2.00. The molecular formula is C12H20N2S2. The Kier molecular flexibility index (Phi) is 4.70. The van der Waals surface area contributed by atoms with Gasteiger partial charge in [-0.25, -0.2) is 0 Å². The summed E-state index contributed by atoms with van der Waals surface area (Å²) in [6.45, 7) is 5.71. The highest BCUT2D eigenvalue weighted by atomic mass is 32.2. The molecule has 2 heterocycles. The molecular weight excluding hydrogens is 236 g/mol. The van der Waals surface area contributed by atoms with Crippen molar-refractivity contribution < 1.29 is 0 Å². The maximum absolute atomic E-state index is 3.20. The second-order valence-corrected chi connectivity index (χ2v) is 6.70. The van der Waals surface area contributed by atoms with Gasteiger partial charge in [-0.15, -0.1) is 11.3 Å². The minimum Gasteiger partial charge on any atom is -0.315 e. The average Bonchev–Trinajstić information content (AvgIpc) is 2.70. The Bertz CT molecular complexity index is 325. The summed E-state index contributed by atoms with van der Waals surface area (Å²) in [6, 6.07) is 5.26. The van der Waals surface area contributed by atoms with E-state index >= 15 is 0 Å². The van der Waals surface area contributed by atoms with Gasteiger partial charge in [0.05, 0.1) is 0 Å². The Hall–Kier alpha value is -0.0300. The van der Waals surface area contributed by atoms with Crippen LogP contribution in [0.2, 0.25) is 0 Å². The van der Waals surface area contributed by atoms with Crippen molar-refractivity contribution in [2.45, 2.75) is 26.1 Å². The molecule has 0 radical (unpaired) electrons. The molecule has 0 bridgehead atoms. The fourth-order valence-electron chi connectivity index (χ4n) is 1.97. The molecule has 1 aliphatic rings. The van der Waals surface area contributed by atoms with Gasteiger partial charge in [0, 0.05) is 46.9 Å². The molecule has 1 fully saturated rings. The van der Waals surface area contributed by atoms with Crippen molar-refractivity contribution in [1.29, 1.82) is 0 Å². The molecule has 2 nitrogen and oxygen atoms in total. The van der Waals surface area contributed by atoms with E-state index in [0.29, 0.717) is 0 Å². The Morgan fingerprint density at radius 1 is 1.44 bits per heavy atom. The first-order chi connectivity index (χ1) is 7.79. The summed E-state index contributed by atoms with van der Waals surface area (Å²) in [5, 5.41) is 3.20. The summed E-state index contributed by atoms with van der Waals surface area (Å²) in [6.07, 6.45) is 0. The molecule has 1 saturated heterocycles. The molecule has 1 atom stereocenters. The zero-order chi connectivity index (χ0) is 11.4. The maximum atomic E-state index is 3.20. The Labute approximate surface area is 106 Å². The molecule has 1 aromatic rings. The number of rotatable bonds is 4. The number of thioether (sulfide) groups is 1. The molecule has 4 heteroatoms. The second-order valence-electron chi connectivity index (χ2n) is 4.29. The number of nitrogens with one attached hydrogen (secondary N) is 1. The molecule has 90 valence electrons. The Balaban J connectivity index is 1.91. The Morgan fingerprint density at radius 2 is 2.25 bits per heavy atom. The van der Waals surface area contributed by atoms with E-state index in [0.717, 1.165) is 19.1 Å². The van der Waals surface area contributed by atoms with Gasteiger partial charge in [0.1, 0.15) is 0 Å². The van der Waals surface area contributed by atoms with Crippen molar-refractivity contribution in [3.05, 3.63) is 21.9 Å². The lowest BCUT2D eigenvalue weighted by atomic mass is 10.3. The highest BCUT2D eigenvalue weighted by Crippen LogP contribution is 2.22. The smallest absolute Gasteiger partial charge is 0.0331 e. The van der Waals surface area contributed by atoms with Gasteiger partial charge in [-0.05, 0) is 26.1 Å².